The molecule has 0 heterocycles. The Bertz CT molecular complexity index is 1200. The summed E-state index contributed by atoms with van der Waals surface area (Å²) in [6.07, 6.45) is 6.16. The van der Waals surface area contributed by atoms with E-state index in [1.165, 1.54) is 61.8 Å². The standard InChI is InChI=1S/C33H38F3NO3/c1-2-3-4-5-6-7-8-25-9-11-26(12-10-25)13-14-27-15-17-28(18-16-27)23-37(31(38)32(39)40)24-29-19-21-30(22-20-29)33(34,35)36/h9-12,15-22H,2-8,13-14,23-24H2,1H3,(H,39,40). The van der Waals surface area contributed by atoms with E-state index >= 15 is 0 Å². The quantitative estimate of drug-likeness (QED) is 0.163. The molecule has 0 saturated heterocycles. The highest BCUT2D eigenvalue weighted by Gasteiger charge is 2.30. The summed E-state index contributed by atoms with van der Waals surface area (Å²) in [6, 6.07) is 20.8. The van der Waals surface area contributed by atoms with Crippen LogP contribution in [0.4, 0.5) is 13.2 Å². The number of carboxylic acid groups (broad SMARTS) is 1. The second-order valence-electron chi connectivity index (χ2n) is 10.3. The van der Waals surface area contributed by atoms with E-state index in [0.717, 1.165) is 47.4 Å². The minimum absolute atomic E-state index is 0.0342. The van der Waals surface area contributed by atoms with Crippen molar-refractivity contribution in [3.63, 3.8) is 0 Å². The van der Waals surface area contributed by atoms with E-state index in [1.807, 2.05) is 24.3 Å². The normalized spacial score (nSPS) is 11.4. The fourth-order valence-electron chi connectivity index (χ4n) is 4.66. The Kier molecular flexibility index (Phi) is 11.8. The Labute approximate surface area is 234 Å². The van der Waals surface area contributed by atoms with Gasteiger partial charge in [0.15, 0.2) is 0 Å². The van der Waals surface area contributed by atoms with Crippen molar-refractivity contribution < 1.29 is 27.9 Å². The van der Waals surface area contributed by atoms with Crippen LogP contribution in [-0.2, 0) is 48.1 Å². The van der Waals surface area contributed by atoms with Crippen LogP contribution in [0.2, 0.25) is 0 Å². The van der Waals surface area contributed by atoms with Crippen LogP contribution in [0.1, 0.15) is 78.8 Å². The summed E-state index contributed by atoms with van der Waals surface area (Å²) in [6.45, 7) is 2.16. The van der Waals surface area contributed by atoms with Crippen LogP contribution in [0.3, 0.4) is 0 Å². The van der Waals surface area contributed by atoms with Gasteiger partial charge in [-0.3, -0.25) is 4.79 Å². The Morgan fingerprint density at radius 1 is 0.625 bits per heavy atom. The Morgan fingerprint density at radius 2 is 1.02 bits per heavy atom. The van der Waals surface area contributed by atoms with Gasteiger partial charge in [0.2, 0.25) is 0 Å². The number of hydrogen-bond donors (Lipinski definition) is 1. The van der Waals surface area contributed by atoms with Gasteiger partial charge in [-0.1, -0.05) is 99.7 Å². The third kappa shape index (κ3) is 10.2. The topological polar surface area (TPSA) is 57.6 Å². The second kappa shape index (κ2) is 15.2. The highest BCUT2D eigenvalue weighted by molar-refractivity contribution is 6.31. The van der Waals surface area contributed by atoms with Gasteiger partial charge >= 0.3 is 18.1 Å². The fraction of sp³-hybridized carbons (Fsp3) is 0.394. The molecular weight excluding hydrogens is 515 g/mol. The summed E-state index contributed by atoms with van der Waals surface area (Å²) in [5.74, 6) is -2.72. The molecule has 0 fully saturated rings. The van der Waals surface area contributed by atoms with E-state index in [9.17, 15) is 27.9 Å². The van der Waals surface area contributed by atoms with Gasteiger partial charge in [-0.15, -0.1) is 0 Å². The Balaban J connectivity index is 1.52. The molecule has 3 aromatic carbocycles. The number of unbranched alkanes of at least 4 members (excludes halogenated alkanes) is 5. The molecule has 0 atom stereocenters. The summed E-state index contributed by atoms with van der Waals surface area (Å²) < 4.78 is 38.5. The SMILES string of the molecule is CCCCCCCCc1ccc(CCc2ccc(CN(Cc3ccc(C(F)(F)F)cc3)C(=O)C(=O)O)cc2)cc1. The zero-order valence-electron chi connectivity index (χ0n) is 23.1. The third-order valence-electron chi connectivity index (χ3n) is 7.07. The number of halogens is 3. The van der Waals surface area contributed by atoms with Gasteiger partial charge in [-0.05, 0) is 65.6 Å². The fourth-order valence-corrected chi connectivity index (χ4v) is 4.66. The number of benzene rings is 3. The van der Waals surface area contributed by atoms with Gasteiger partial charge in [-0.25, -0.2) is 4.79 Å². The van der Waals surface area contributed by atoms with Gasteiger partial charge in [0.05, 0.1) is 5.56 Å². The van der Waals surface area contributed by atoms with Crippen LogP contribution in [-0.4, -0.2) is 21.9 Å². The van der Waals surface area contributed by atoms with Gasteiger partial charge < -0.3 is 10.0 Å². The smallest absolute Gasteiger partial charge is 0.416 e. The number of rotatable bonds is 14. The molecule has 1 N–H and O–H groups in total. The van der Waals surface area contributed by atoms with Crippen molar-refractivity contribution in [3.8, 4) is 0 Å². The van der Waals surface area contributed by atoms with E-state index in [1.54, 1.807) is 0 Å². The summed E-state index contributed by atoms with van der Waals surface area (Å²) in [5.41, 5.74) is 4.12. The molecule has 0 aromatic heterocycles. The van der Waals surface area contributed by atoms with E-state index in [-0.39, 0.29) is 13.1 Å². The number of carbonyl (C=O) groups excluding carboxylic acids is 1. The minimum Gasteiger partial charge on any atom is -0.474 e. The van der Waals surface area contributed by atoms with E-state index in [4.69, 9.17) is 0 Å². The highest BCUT2D eigenvalue weighted by Crippen LogP contribution is 2.29. The number of amides is 1. The molecule has 0 aliphatic carbocycles. The van der Waals surface area contributed by atoms with Gasteiger partial charge in [0.25, 0.3) is 0 Å². The number of aliphatic carboxylic acids is 1. The molecule has 3 aromatic rings. The van der Waals surface area contributed by atoms with Crippen molar-refractivity contribution in [1.82, 2.24) is 4.90 Å². The van der Waals surface area contributed by atoms with Crippen LogP contribution in [0, 0.1) is 0 Å². The van der Waals surface area contributed by atoms with Crippen LogP contribution in [0.5, 0.6) is 0 Å². The molecule has 40 heavy (non-hydrogen) atoms. The van der Waals surface area contributed by atoms with E-state index < -0.39 is 23.6 Å². The maximum Gasteiger partial charge on any atom is 0.416 e. The monoisotopic (exact) mass is 553 g/mol. The molecule has 0 radical (unpaired) electrons. The highest BCUT2D eigenvalue weighted by atomic mass is 19.4. The zero-order valence-corrected chi connectivity index (χ0v) is 23.1. The predicted octanol–water partition coefficient (Wildman–Crippen LogP) is 8.01. The molecular formula is C33H38F3NO3. The minimum atomic E-state index is -4.46. The average Bonchev–Trinajstić information content (AvgIpc) is 2.94. The Morgan fingerprint density at radius 3 is 1.48 bits per heavy atom. The Hall–Kier alpha value is -3.61. The van der Waals surface area contributed by atoms with Crippen molar-refractivity contribution in [3.05, 3.63) is 106 Å². The number of nitrogens with zero attached hydrogens (tertiary/aromatic N) is 1. The summed E-state index contributed by atoms with van der Waals surface area (Å²) in [7, 11) is 0. The second-order valence-corrected chi connectivity index (χ2v) is 10.3. The molecule has 4 nitrogen and oxygen atoms in total. The molecule has 0 aliphatic heterocycles. The van der Waals surface area contributed by atoms with Crippen molar-refractivity contribution in [2.75, 3.05) is 0 Å². The number of carbonyl (C=O) groups is 2. The van der Waals surface area contributed by atoms with Crippen molar-refractivity contribution in [2.45, 2.75) is 84.0 Å². The maximum absolute atomic E-state index is 12.8. The summed E-state index contributed by atoms with van der Waals surface area (Å²) >= 11 is 0. The van der Waals surface area contributed by atoms with Crippen LogP contribution < -0.4 is 0 Å². The van der Waals surface area contributed by atoms with Crippen molar-refractivity contribution >= 4 is 11.9 Å². The first-order chi connectivity index (χ1) is 19.2. The van der Waals surface area contributed by atoms with E-state index in [0.29, 0.717) is 5.56 Å². The number of aryl methyl sites for hydroxylation is 3. The molecule has 0 aliphatic rings. The van der Waals surface area contributed by atoms with Crippen molar-refractivity contribution in [2.24, 2.45) is 0 Å². The summed E-state index contributed by atoms with van der Waals surface area (Å²) in [5, 5.41) is 9.24. The first-order valence-electron chi connectivity index (χ1n) is 14.0. The van der Waals surface area contributed by atoms with Crippen LogP contribution in [0.25, 0.3) is 0 Å². The van der Waals surface area contributed by atoms with Gasteiger partial charge in [0, 0.05) is 13.1 Å². The lowest BCUT2D eigenvalue weighted by Crippen LogP contribution is -2.35. The average molecular weight is 554 g/mol. The van der Waals surface area contributed by atoms with Crippen LogP contribution in [0.15, 0.2) is 72.8 Å². The number of alkyl halides is 3. The zero-order chi connectivity index (χ0) is 29.0. The largest absolute Gasteiger partial charge is 0.474 e. The first-order valence-corrected chi connectivity index (χ1v) is 14.0. The van der Waals surface area contributed by atoms with Crippen molar-refractivity contribution in [1.29, 1.82) is 0 Å². The van der Waals surface area contributed by atoms with Crippen LogP contribution >= 0.6 is 0 Å². The lowest BCUT2D eigenvalue weighted by molar-refractivity contribution is -0.156. The first kappa shape index (κ1) is 30.9. The summed E-state index contributed by atoms with van der Waals surface area (Å²) in [4.78, 5) is 24.8. The molecule has 0 spiro atoms. The molecule has 0 bridgehead atoms. The van der Waals surface area contributed by atoms with Gasteiger partial charge in [-0.2, -0.15) is 13.2 Å². The molecule has 3 rings (SSSR count). The predicted molar refractivity (Wildman–Crippen MR) is 151 cm³/mol. The van der Waals surface area contributed by atoms with Gasteiger partial charge in [0.1, 0.15) is 0 Å². The maximum atomic E-state index is 12.8. The molecule has 7 heteroatoms. The number of hydrogen-bond acceptors (Lipinski definition) is 2. The lowest BCUT2D eigenvalue weighted by Gasteiger charge is -2.21. The molecule has 0 unspecified atom stereocenters. The molecule has 0 saturated carbocycles. The third-order valence-corrected chi connectivity index (χ3v) is 7.07. The molecule has 1 amide bonds. The lowest BCUT2D eigenvalue weighted by atomic mass is 10.00. The van der Waals surface area contributed by atoms with E-state index in [2.05, 4.69) is 31.2 Å². The number of carboxylic acids is 1. The molecule has 214 valence electrons.